The normalized spacial score (nSPS) is 9.95. The van der Waals surface area contributed by atoms with Crippen molar-refractivity contribution in [2.75, 3.05) is 14.2 Å². The van der Waals surface area contributed by atoms with Crippen LogP contribution in [0.4, 0.5) is 0 Å². The largest absolute Gasteiger partial charge is 0.481 e. The van der Waals surface area contributed by atoms with E-state index in [1.807, 2.05) is 36.4 Å². The Hall–Kier alpha value is -2.17. The van der Waals surface area contributed by atoms with E-state index in [1.165, 1.54) is 5.56 Å². The molecule has 22 heavy (non-hydrogen) atoms. The van der Waals surface area contributed by atoms with E-state index in [1.54, 1.807) is 26.4 Å². The Morgan fingerprint density at radius 3 is 1.77 bits per heavy atom. The van der Waals surface area contributed by atoms with E-state index in [0.29, 0.717) is 0 Å². The van der Waals surface area contributed by atoms with Crippen molar-refractivity contribution in [1.29, 1.82) is 0 Å². The van der Waals surface area contributed by atoms with Gasteiger partial charge in [-0.1, -0.05) is 60.7 Å². The van der Waals surface area contributed by atoms with Crippen LogP contribution in [0.5, 0.6) is 0 Å². The Bertz CT molecular complexity index is 521. The van der Waals surface area contributed by atoms with Gasteiger partial charge in [0, 0.05) is 20.6 Å². The second kappa shape index (κ2) is 10.5. The fourth-order valence-corrected chi connectivity index (χ4v) is 1.84. The number of methoxy groups -OCH3 is 2. The van der Waals surface area contributed by atoms with Crippen LogP contribution in [0.15, 0.2) is 60.7 Å². The summed E-state index contributed by atoms with van der Waals surface area (Å²) in [4.78, 5) is 10.2. The molecular weight excluding hydrogens is 280 g/mol. The molecule has 1 N–H and O–H groups in total. The van der Waals surface area contributed by atoms with Crippen LogP contribution in [-0.4, -0.2) is 31.6 Å². The van der Waals surface area contributed by atoms with E-state index >= 15 is 0 Å². The van der Waals surface area contributed by atoms with Gasteiger partial charge in [-0.15, -0.1) is 0 Å². The molecule has 0 saturated carbocycles. The smallest absolute Gasteiger partial charge is 0.307 e. The van der Waals surface area contributed by atoms with Crippen molar-refractivity contribution in [3.05, 3.63) is 71.8 Å². The average Bonchev–Trinajstić information content (AvgIpc) is 2.54. The second-order valence-corrected chi connectivity index (χ2v) is 4.65. The number of aliphatic carboxylic acids is 1. The molecule has 0 spiro atoms. The third-order valence-corrected chi connectivity index (χ3v) is 2.97. The first kappa shape index (κ1) is 17.9. The van der Waals surface area contributed by atoms with Crippen molar-refractivity contribution >= 4 is 5.97 Å². The fourth-order valence-electron chi connectivity index (χ4n) is 1.84. The van der Waals surface area contributed by atoms with Crippen molar-refractivity contribution in [1.82, 2.24) is 0 Å². The SMILES string of the molecule is COC(Cc1ccccc1)OC.O=C(O)Cc1ccccc1. The lowest BCUT2D eigenvalue weighted by Gasteiger charge is -2.12. The van der Waals surface area contributed by atoms with Crippen LogP contribution in [0.1, 0.15) is 11.1 Å². The molecule has 0 radical (unpaired) electrons. The topological polar surface area (TPSA) is 55.8 Å². The maximum Gasteiger partial charge on any atom is 0.307 e. The van der Waals surface area contributed by atoms with Crippen molar-refractivity contribution in [2.45, 2.75) is 19.1 Å². The molecule has 2 rings (SSSR count). The summed E-state index contributed by atoms with van der Waals surface area (Å²) in [6, 6.07) is 19.3. The van der Waals surface area contributed by atoms with E-state index in [9.17, 15) is 4.79 Å². The first-order chi connectivity index (χ1) is 10.7. The highest BCUT2D eigenvalue weighted by atomic mass is 16.7. The summed E-state index contributed by atoms with van der Waals surface area (Å²) < 4.78 is 10.2. The number of ether oxygens (including phenoxy) is 2. The van der Waals surface area contributed by atoms with Gasteiger partial charge in [-0.2, -0.15) is 0 Å². The molecule has 0 amide bonds. The molecule has 2 aromatic carbocycles. The van der Waals surface area contributed by atoms with Crippen molar-refractivity contribution in [3.63, 3.8) is 0 Å². The van der Waals surface area contributed by atoms with Crippen molar-refractivity contribution in [2.24, 2.45) is 0 Å². The van der Waals surface area contributed by atoms with Crippen molar-refractivity contribution in [3.8, 4) is 0 Å². The van der Waals surface area contributed by atoms with Gasteiger partial charge in [0.15, 0.2) is 6.29 Å². The van der Waals surface area contributed by atoms with Gasteiger partial charge < -0.3 is 14.6 Å². The maximum absolute atomic E-state index is 10.2. The molecular formula is C18H22O4. The van der Waals surface area contributed by atoms with Gasteiger partial charge in [0.05, 0.1) is 6.42 Å². The van der Waals surface area contributed by atoms with Gasteiger partial charge in [-0.25, -0.2) is 0 Å². The molecule has 118 valence electrons. The Balaban J connectivity index is 0.000000224. The highest BCUT2D eigenvalue weighted by molar-refractivity contribution is 5.70. The second-order valence-electron chi connectivity index (χ2n) is 4.65. The third-order valence-electron chi connectivity index (χ3n) is 2.97. The molecule has 4 heteroatoms. The summed E-state index contributed by atoms with van der Waals surface area (Å²) in [5, 5.41) is 8.37. The van der Waals surface area contributed by atoms with E-state index in [2.05, 4.69) is 12.1 Å². The molecule has 2 aromatic rings. The number of carbonyl (C=O) groups is 1. The zero-order chi connectivity index (χ0) is 16.2. The van der Waals surface area contributed by atoms with Gasteiger partial charge in [-0.05, 0) is 11.1 Å². The standard InChI is InChI=1S/C10H14O2.C8H8O2/c1-11-10(12-2)8-9-6-4-3-5-7-9;9-8(10)6-7-4-2-1-3-5-7/h3-7,10H,8H2,1-2H3;1-5H,6H2,(H,9,10). The molecule has 0 fully saturated rings. The lowest BCUT2D eigenvalue weighted by Crippen LogP contribution is -2.15. The monoisotopic (exact) mass is 302 g/mol. The van der Waals surface area contributed by atoms with Crippen LogP contribution in [0, 0.1) is 0 Å². The fraction of sp³-hybridized carbons (Fsp3) is 0.278. The minimum absolute atomic E-state index is 0.112. The number of rotatable bonds is 6. The van der Waals surface area contributed by atoms with Gasteiger partial charge in [-0.3, -0.25) is 4.79 Å². The van der Waals surface area contributed by atoms with Gasteiger partial charge in [0.25, 0.3) is 0 Å². The van der Waals surface area contributed by atoms with Gasteiger partial charge in [0.1, 0.15) is 0 Å². The molecule has 0 atom stereocenters. The molecule has 0 saturated heterocycles. The number of benzene rings is 2. The number of hydrogen-bond acceptors (Lipinski definition) is 3. The molecule has 0 heterocycles. The number of carboxylic acid groups (broad SMARTS) is 1. The van der Waals surface area contributed by atoms with Crippen LogP contribution in [0.2, 0.25) is 0 Å². The predicted octanol–water partition coefficient (Wildman–Crippen LogP) is 3.16. The van der Waals surface area contributed by atoms with Crippen molar-refractivity contribution < 1.29 is 19.4 Å². The summed E-state index contributed by atoms with van der Waals surface area (Å²) in [5.41, 5.74) is 2.07. The molecule has 0 aromatic heterocycles. The Morgan fingerprint density at radius 1 is 0.909 bits per heavy atom. The summed E-state index contributed by atoms with van der Waals surface area (Å²) in [7, 11) is 3.30. The van der Waals surface area contributed by atoms with Crippen LogP contribution in [-0.2, 0) is 27.1 Å². The lowest BCUT2D eigenvalue weighted by atomic mass is 10.1. The van der Waals surface area contributed by atoms with Crippen LogP contribution in [0.25, 0.3) is 0 Å². The van der Waals surface area contributed by atoms with E-state index in [0.717, 1.165) is 12.0 Å². The quantitative estimate of drug-likeness (QED) is 0.833. The van der Waals surface area contributed by atoms with E-state index in [4.69, 9.17) is 14.6 Å². The summed E-state index contributed by atoms with van der Waals surface area (Å²) in [6.45, 7) is 0. The zero-order valence-electron chi connectivity index (χ0n) is 12.9. The molecule has 4 nitrogen and oxygen atoms in total. The minimum Gasteiger partial charge on any atom is -0.481 e. The molecule has 0 aliphatic heterocycles. The third kappa shape index (κ3) is 7.57. The molecule has 0 aliphatic rings. The Kier molecular flexibility index (Phi) is 8.57. The summed E-state index contributed by atoms with van der Waals surface area (Å²) in [5.74, 6) is -0.786. The first-order valence-corrected chi connectivity index (χ1v) is 7.01. The molecule has 0 bridgehead atoms. The van der Waals surface area contributed by atoms with E-state index in [-0.39, 0.29) is 12.7 Å². The predicted molar refractivity (Wildman–Crippen MR) is 85.7 cm³/mol. The van der Waals surface area contributed by atoms with Crippen LogP contribution >= 0.6 is 0 Å². The Labute approximate surface area is 131 Å². The van der Waals surface area contributed by atoms with Gasteiger partial charge >= 0.3 is 5.97 Å². The highest BCUT2D eigenvalue weighted by Gasteiger charge is 2.04. The van der Waals surface area contributed by atoms with Crippen LogP contribution < -0.4 is 0 Å². The summed E-state index contributed by atoms with van der Waals surface area (Å²) >= 11 is 0. The average molecular weight is 302 g/mol. The minimum atomic E-state index is -0.786. The zero-order valence-corrected chi connectivity index (χ0v) is 12.9. The van der Waals surface area contributed by atoms with Crippen LogP contribution in [0.3, 0.4) is 0 Å². The Morgan fingerprint density at radius 2 is 1.36 bits per heavy atom. The number of carboxylic acids is 1. The summed E-state index contributed by atoms with van der Waals surface area (Å²) in [6.07, 6.45) is 0.779. The highest BCUT2D eigenvalue weighted by Crippen LogP contribution is 2.05. The van der Waals surface area contributed by atoms with E-state index < -0.39 is 5.97 Å². The molecule has 0 aliphatic carbocycles. The number of hydrogen-bond donors (Lipinski definition) is 1. The van der Waals surface area contributed by atoms with Gasteiger partial charge in [0.2, 0.25) is 0 Å². The lowest BCUT2D eigenvalue weighted by molar-refractivity contribution is -0.136. The first-order valence-electron chi connectivity index (χ1n) is 7.01. The maximum atomic E-state index is 10.2. The molecule has 0 unspecified atom stereocenters.